The third-order valence-corrected chi connectivity index (χ3v) is 5.01. The molecule has 2 rings (SSSR count). The maximum atomic E-state index is 12.2. The van der Waals surface area contributed by atoms with Crippen molar-refractivity contribution in [2.75, 3.05) is 6.54 Å². The van der Waals surface area contributed by atoms with Gasteiger partial charge in [0.2, 0.25) is 5.91 Å². The van der Waals surface area contributed by atoms with Crippen LogP contribution in [-0.4, -0.2) is 12.5 Å². The lowest BCUT2D eigenvalue weighted by atomic mass is 9.82. The Morgan fingerprint density at radius 3 is 2.11 bits per heavy atom. The van der Waals surface area contributed by atoms with E-state index in [-0.39, 0.29) is 17.2 Å². The Hall–Kier alpha value is -1.35. The molecule has 3 nitrogen and oxygen atoms in total. The predicted octanol–water partition coefficient (Wildman–Crippen LogP) is 1.80. The maximum Gasteiger partial charge on any atom is 0.229 e. The second-order valence-electron chi connectivity index (χ2n) is 5.19. The summed E-state index contributed by atoms with van der Waals surface area (Å²) in [6.07, 6.45) is 1.87. The summed E-state index contributed by atoms with van der Waals surface area (Å²) in [5, 5.41) is 0. The number of benzene rings is 1. The number of carbonyl (C=O) groups is 1. The molecule has 2 unspecified atom stereocenters. The molecule has 0 heterocycles. The Bertz CT molecular complexity index is 439. The van der Waals surface area contributed by atoms with Crippen LogP contribution in [0.5, 0.6) is 0 Å². The molecular weight excluding hydrogens is 224 g/mol. The standard InChI is InChI=1S/C15H22N2O/c1-3-14(4-2)12(10-16)15(14,13(17)18)11-8-6-5-7-9-11/h5-9,12H,3-4,10,16H2,1-2H3,(H2,17,18). The van der Waals surface area contributed by atoms with Crippen LogP contribution in [0.2, 0.25) is 0 Å². The van der Waals surface area contributed by atoms with Crippen molar-refractivity contribution in [2.45, 2.75) is 32.1 Å². The van der Waals surface area contributed by atoms with E-state index in [9.17, 15) is 4.79 Å². The lowest BCUT2D eigenvalue weighted by molar-refractivity contribution is -0.121. The van der Waals surface area contributed by atoms with Gasteiger partial charge in [0.15, 0.2) is 0 Å². The fraction of sp³-hybridized carbons (Fsp3) is 0.533. The quantitative estimate of drug-likeness (QED) is 0.831. The summed E-state index contributed by atoms with van der Waals surface area (Å²) in [6, 6.07) is 9.88. The van der Waals surface area contributed by atoms with E-state index in [1.165, 1.54) is 0 Å². The van der Waals surface area contributed by atoms with Gasteiger partial charge in [-0.15, -0.1) is 0 Å². The van der Waals surface area contributed by atoms with Crippen molar-refractivity contribution >= 4 is 5.91 Å². The number of carbonyl (C=O) groups excluding carboxylic acids is 1. The molecule has 0 saturated heterocycles. The number of nitrogens with two attached hydrogens (primary N) is 2. The monoisotopic (exact) mass is 246 g/mol. The molecule has 98 valence electrons. The van der Waals surface area contributed by atoms with Crippen LogP contribution in [0.4, 0.5) is 0 Å². The number of hydrogen-bond donors (Lipinski definition) is 2. The minimum Gasteiger partial charge on any atom is -0.369 e. The molecule has 0 aromatic heterocycles. The first-order chi connectivity index (χ1) is 8.61. The lowest BCUT2D eigenvalue weighted by Crippen LogP contribution is -2.35. The summed E-state index contributed by atoms with van der Waals surface area (Å²) in [6.45, 7) is 4.76. The molecule has 0 spiro atoms. The molecule has 1 amide bonds. The summed E-state index contributed by atoms with van der Waals surface area (Å²) < 4.78 is 0. The summed E-state index contributed by atoms with van der Waals surface area (Å²) in [7, 11) is 0. The molecule has 1 aromatic rings. The van der Waals surface area contributed by atoms with Crippen LogP contribution in [0.3, 0.4) is 0 Å². The van der Waals surface area contributed by atoms with E-state index < -0.39 is 5.41 Å². The summed E-state index contributed by atoms with van der Waals surface area (Å²) in [5.74, 6) is -0.0623. The second-order valence-corrected chi connectivity index (χ2v) is 5.19. The Balaban J connectivity index is 2.58. The van der Waals surface area contributed by atoms with Gasteiger partial charge in [0.1, 0.15) is 0 Å². The Morgan fingerprint density at radius 1 is 1.22 bits per heavy atom. The first kappa shape index (κ1) is 13.1. The molecule has 1 saturated carbocycles. The van der Waals surface area contributed by atoms with Gasteiger partial charge in [-0.1, -0.05) is 44.2 Å². The predicted molar refractivity (Wildman–Crippen MR) is 72.9 cm³/mol. The number of rotatable bonds is 5. The Labute approximate surface area is 109 Å². The molecule has 3 heteroatoms. The fourth-order valence-electron chi connectivity index (χ4n) is 4.14. The van der Waals surface area contributed by atoms with Crippen LogP contribution in [0.15, 0.2) is 30.3 Å². The topological polar surface area (TPSA) is 69.1 Å². The van der Waals surface area contributed by atoms with Gasteiger partial charge in [-0.05, 0) is 36.3 Å². The smallest absolute Gasteiger partial charge is 0.229 e. The molecule has 1 fully saturated rings. The van der Waals surface area contributed by atoms with Crippen molar-refractivity contribution in [2.24, 2.45) is 22.8 Å². The number of amides is 1. The number of primary amides is 1. The van der Waals surface area contributed by atoms with Crippen LogP contribution in [0.1, 0.15) is 32.3 Å². The van der Waals surface area contributed by atoms with Gasteiger partial charge in [0, 0.05) is 0 Å². The average Bonchev–Trinajstić information content (AvgIpc) is 3.03. The SMILES string of the molecule is CCC1(CC)C(CN)C1(C(N)=O)c1ccccc1. The highest BCUT2D eigenvalue weighted by Gasteiger charge is 2.77. The average molecular weight is 246 g/mol. The number of hydrogen-bond acceptors (Lipinski definition) is 2. The van der Waals surface area contributed by atoms with E-state index >= 15 is 0 Å². The fourth-order valence-corrected chi connectivity index (χ4v) is 4.14. The van der Waals surface area contributed by atoms with Crippen LogP contribution in [0.25, 0.3) is 0 Å². The van der Waals surface area contributed by atoms with Gasteiger partial charge >= 0.3 is 0 Å². The largest absolute Gasteiger partial charge is 0.369 e. The zero-order valence-electron chi connectivity index (χ0n) is 11.1. The second kappa shape index (κ2) is 4.39. The van der Waals surface area contributed by atoms with E-state index in [0.29, 0.717) is 6.54 Å². The molecule has 1 aliphatic rings. The van der Waals surface area contributed by atoms with Crippen molar-refractivity contribution in [1.82, 2.24) is 0 Å². The van der Waals surface area contributed by atoms with Crippen molar-refractivity contribution in [3.8, 4) is 0 Å². The summed E-state index contributed by atoms with van der Waals surface area (Å²) in [5.41, 5.74) is 12.1. The van der Waals surface area contributed by atoms with Crippen LogP contribution >= 0.6 is 0 Å². The molecule has 4 N–H and O–H groups in total. The molecule has 0 bridgehead atoms. The minimum absolute atomic E-state index is 0.0606. The van der Waals surface area contributed by atoms with Gasteiger partial charge in [0.05, 0.1) is 5.41 Å². The van der Waals surface area contributed by atoms with E-state index in [0.717, 1.165) is 18.4 Å². The third kappa shape index (κ3) is 1.31. The highest BCUT2D eigenvalue weighted by molar-refractivity contribution is 5.93. The summed E-state index contributed by atoms with van der Waals surface area (Å²) >= 11 is 0. The van der Waals surface area contributed by atoms with Gasteiger partial charge < -0.3 is 11.5 Å². The van der Waals surface area contributed by atoms with Crippen molar-refractivity contribution < 1.29 is 4.79 Å². The Kier molecular flexibility index (Phi) is 3.20. The van der Waals surface area contributed by atoms with Crippen molar-refractivity contribution in [1.29, 1.82) is 0 Å². The summed E-state index contributed by atoms with van der Waals surface area (Å²) in [4.78, 5) is 12.2. The third-order valence-electron chi connectivity index (χ3n) is 5.01. The van der Waals surface area contributed by atoms with E-state index in [4.69, 9.17) is 11.5 Å². The maximum absolute atomic E-state index is 12.2. The lowest BCUT2D eigenvalue weighted by Gasteiger charge is -2.21. The first-order valence-corrected chi connectivity index (χ1v) is 6.67. The van der Waals surface area contributed by atoms with Gasteiger partial charge in [-0.3, -0.25) is 4.79 Å². The highest BCUT2D eigenvalue weighted by atomic mass is 16.1. The van der Waals surface area contributed by atoms with Crippen LogP contribution in [-0.2, 0) is 10.2 Å². The molecular formula is C15H22N2O. The molecule has 1 aromatic carbocycles. The molecule has 1 aliphatic carbocycles. The zero-order valence-corrected chi connectivity index (χ0v) is 11.1. The van der Waals surface area contributed by atoms with E-state index in [1.807, 2.05) is 30.3 Å². The van der Waals surface area contributed by atoms with Crippen molar-refractivity contribution in [3.63, 3.8) is 0 Å². The van der Waals surface area contributed by atoms with Crippen LogP contribution in [0, 0.1) is 11.3 Å². The molecule has 18 heavy (non-hydrogen) atoms. The normalized spacial score (nSPS) is 28.9. The Morgan fingerprint density at radius 2 is 1.78 bits per heavy atom. The minimum atomic E-state index is -0.563. The van der Waals surface area contributed by atoms with E-state index in [1.54, 1.807) is 0 Å². The molecule has 2 atom stereocenters. The van der Waals surface area contributed by atoms with Crippen molar-refractivity contribution in [3.05, 3.63) is 35.9 Å². The zero-order chi connectivity index (χ0) is 13.4. The molecule has 0 aliphatic heterocycles. The van der Waals surface area contributed by atoms with Gasteiger partial charge in [0.25, 0.3) is 0 Å². The first-order valence-electron chi connectivity index (χ1n) is 6.67. The van der Waals surface area contributed by atoms with E-state index in [2.05, 4.69) is 13.8 Å². The van der Waals surface area contributed by atoms with Crippen LogP contribution < -0.4 is 11.5 Å². The highest BCUT2D eigenvalue weighted by Crippen LogP contribution is 2.72. The van der Waals surface area contributed by atoms with Gasteiger partial charge in [-0.25, -0.2) is 0 Å². The molecule has 0 radical (unpaired) electrons. The van der Waals surface area contributed by atoms with Gasteiger partial charge in [-0.2, -0.15) is 0 Å².